The Kier molecular flexibility index (Phi) is 4.33. The minimum atomic E-state index is 0.156. The molecule has 1 aromatic carbocycles. The first kappa shape index (κ1) is 13.0. The third-order valence-corrected chi connectivity index (χ3v) is 3.14. The zero-order valence-corrected chi connectivity index (χ0v) is 10.7. The fraction of sp³-hybridized carbons (Fsp3) is 0.538. The third-order valence-electron chi connectivity index (χ3n) is 3.14. The molecule has 0 aliphatic carbocycles. The number of anilines is 1. The average Bonchev–Trinajstić information content (AvgIpc) is 2.20. The SMILES string of the molecule is CN(C)C(C)(C)CNCc1ccccc1N. The Bertz CT molecular complexity index is 332. The maximum Gasteiger partial charge on any atom is 0.0359 e. The highest BCUT2D eigenvalue weighted by atomic mass is 15.2. The number of rotatable bonds is 5. The van der Waals surface area contributed by atoms with Crippen molar-refractivity contribution in [2.45, 2.75) is 25.9 Å². The van der Waals surface area contributed by atoms with E-state index in [1.807, 2.05) is 18.2 Å². The summed E-state index contributed by atoms with van der Waals surface area (Å²) in [5.41, 5.74) is 8.06. The van der Waals surface area contributed by atoms with E-state index in [1.165, 1.54) is 0 Å². The van der Waals surface area contributed by atoms with Crippen LogP contribution in [0.15, 0.2) is 24.3 Å². The van der Waals surface area contributed by atoms with Crippen molar-refractivity contribution < 1.29 is 0 Å². The molecule has 0 unspecified atom stereocenters. The summed E-state index contributed by atoms with van der Waals surface area (Å²) in [4.78, 5) is 2.22. The van der Waals surface area contributed by atoms with Gasteiger partial charge in [0.25, 0.3) is 0 Å². The molecular formula is C13H23N3. The van der Waals surface area contributed by atoms with Crippen LogP contribution in [-0.2, 0) is 6.54 Å². The number of hydrogen-bond donors (Lipinski definition) is 2. The van der Waals surface area contributed by atoms with Crippen molar-refractivity contribution >= 4 is 5.69 Å². The minimum Gasteiger partial charge on any atom is -0.398 e. The van der Waals surface area contributed by atoms with Gasteiger partial charge in [0.05, 0.1) is 0 Å². The smallest absolute Gasteiger partial charge is 0.0359 e. The first-order valence-electron chi connectivity index (χ1n) is 5.65. The van der Waals surface area contributed by atoms with Crippen molar-refractivity contribution in [2.75, 3.05) is 26.4 Å². The maximum atomic E-state index is 5.88. The molecule has 0 radical (unpaired) electrons. The molecule has 0 aliphatic heterocycles. The standard InChI is InChI=1S/C13H23N3/c1-13(2,16(3)4)10-15-9-11-7-5-6-8-12(11)14/h5-8,15H,9-10,14H2,1-4H3. The van der Waals surface area contributed by atoms with Crippen LogP contribution in [0.25, 0.3) is 0 Å². The number of hydrogen-bond acceptors (Lipinski definition) is 3. The first-order valence-corrected chi connectivity index (χ1v) is 5.65. The molecule has 3 heteroatoms. The van der Waals surface area contributed by atoms with E-state index in [0.717, 1.165) is 24.3 Å². The molecule has 3 nitrogen and oxygen atoms in total. The van der Waals surface area contributed by atoms with Crippen LogP contribution in [0.2, 0.25) is 0 Å². The highest BCUT2D eigenvalue weighted by molar-refractivity contribution is 5.46. The second-order valence-corrected chi connectivity index (χ2v) is 5.01. The summed E-state index contributed by atoms with van der Waals surface area (Å²) >= 11 is 0. The van der Waals surface area contributed by atoms with Gasteiger partial charge in [0.15, 0.2) is 0 Å². The summed E-state index contributed by atoms with van der Waals surface area (Å²) in [6.45, 7) is 6.20. The van der Waals surface area contributed by atoms with Gasteiger partial charge < -0.3 is 16.0 Å². The number of nitrogens with zero attached hydrogens (tertiary/aromatic N) is 1. The van der Waals surface area contributed by atoms with E-state index in [2.05, 4.69) is 44.2 Å². The van der Waals surface area contributed by atoms with Gasteiger partial charge in [-0.05, 0) is 39.6 Å². The van der Waals surface area contributed by atoms with Gasteiger partial charge in [-0.3, -0.25) is 0 Å². The van der Waals surface area contributed by atoms with Crippen molar-refractivity contribution in [3.05, 3.63) is 29.8 Å². The van der Waals surface area contributed by atoms with Gasteiger partial charge in [-0.15, -0.1) is 0 Å². The van der Waals surface area contributed by atoms with Crippen molar-refractivity contribution in [3.63, 3.8) is 0 Å². The van der Waals surface area contributed by atoms with Gasteiger partial charge >= 0.3 is 0 Å². The van der Waals surface area contributed by atoms with E-state index < -0.39 is 0 Å². The fourth-order valence-corrected chi connectivity index (χ4v) is 1.36. The Hall–Kier alpha value is -1.06. The van der Waals surface area contributed by atoms with Gasteiger partial charge in [-0.1, -0.05) is 18.2 Å². The monoisotopic (exact) mass is 221 g/mol. The van der Waals surface area contributed by atoms with Crippen molar-refractivity contribution in [3.8, 4) is 0 Å². The van der Waals surface area contributed by atoms with Crippen molar-refractivity contribution in [1.29, 1.82) is 0 Å². The molecule has 0 aliphatic rings. The van der Waals surface area contributed by atoms with E-state index in [1.54, 1.807) is 0 Å². The van der Waals surface area contributed by atoms with Crippen LogP contribution in [0.4, 0.5) is 5.69 Å². The summed E-state index contributed by atoms with van der Waals surface area (Å²) in [5, 5.41) is 3.44. The number of nitrogens with two attached hydrogens (primary N) is 1. The predicted octanol–water partition coefficient (Wildman–Crippen LogP) is 1.70. The predicted molar refractivity (Wildman–Crippen MR) is 70.3 cm³/mol. The molecule has 16 heavy (non-hydrogen) atoms. The average molecular weight is 221 g/mol. The Morgan fingerprint density at radius 1 is 1.25 bits per heavy atom. The number of benzene rings is 1. The zero-order valence-electron chi connectivity index (χ0n) is 10.7. The Morgan fingerprint density at radius 3 is 2.44 bits per heavy atom. The molecule has 0 spiro atoms. The lowest BCUT2D eigenvalue weighted by molar-refractivity contribution is 0.190. The van der Waals surface area contributed by atoms with Gasteiger partial charge in [0, 0.05) is 24.3 Å². The minimum absolute atomic E-state index is 0.156. The number of nitrogens with one attached hydrogen (secondary N) is 1. The van der Waals surface area contributed by atoms with E-state index in [9.17, 15) is 0 Å². The lowest BCUT2D eigenvalue weighted by Gasteiger charge is -2.32. The quantitative estimate of drug-likeness (QED) is 0.744. The van der Waals surface area contributed by atoms with Crippen LogP contribution in [0.3, 0.4) is 0 Å². The molecular weight excluding hydrogens is 198 g/mol. The first-order chi connectivity index (χ1) is 7.43. The summed E-state index contributed by atoms with van der Waals surface area (Å²) in [6.07, 6.45) is 0. The molecule has 1 rings (SSSR count). The van der Waals surface area contributed by atoms with Gasteiger partial charge in [-0.25, -0.2) is 0 Å². The van der Waals surface area contributed by atoms with E-state index in [4.69, 9.17) is 5.73 Å². The topological polar surface area (TPSA) is 41.3 Å². The second kappa shape index (κ2) is 5.32. The molecule has 0 atom stereocenters. The van der Waals surface area contributed by atoms with Gasteiger partial charge in [0.1, 0.15) is 0 Å². The molecule has 0 fully saturated rings. The molecule has 0 saturated carbocycles. The van der Waals surface area contributed by atoms with Crippen LogP contribution in [0, 0.1) is 0 Å². The molecule has 1 aromatic rings. The van der Waals surface area contributed by atoms with Crippen LogP contribution < -0.4 is 11.1 Å². The van der Waals surface area contributed by atoms with Crippen LogP contribution in [0.1, 0.15) is 19.4 Å². The highest BCUT2D eigenvalue weighted by Gasteiger charge is 2.19. The number of likely N-dealkylation sites (N-methyl/N-ethyl adjacent to an activating group) is 1. The van der Waals surface area contributed by atoms with Crippen molar-refractivity contribution in [1.82, 2.24) is 10.2 Å². The van der Waals surface area contributed by atoms with E-state index in [0.29, 0.717) is 0 Å². The highest BCUT2D eigenvalue weighted by Crippen LogP contribution is 2.11. The Labute approximate surface area is 98.6 Å². The normalized spacial score (nSPS) is 12.1. The Balaban J connectivity index is 2.45. The molecule has 0 amide bonds. The molecule has 0 aromatic heterocycles. The van der Waals surface area contributed by atoms with Crippen molar-refractivity contribution in [2.24, 2.45) is 0 Å². The summed E-state index contributed by atoms with van der Waals surface area (Å²) < 4.78 is 0. The lowest BCUT2D eigenvalue weighted by Crippen LogP contribution is -2.46. The fourth-order valence-electron chi connectivity index (χ4n) is 1.36. The van der Waals surface area contributed by atoms with E-state index >= 15 is 0 Å². The summed E-state index contributed by atoms with van der Waals surface area (Å²) in [7, 11) is 4.19. The zero-order chi connectivity index (χ0) is 12.2. The molecule has 0 bridgehead atoms. The summed E-state index contributed by atoms with van der Waals surface area (Å²) in [5.74, 6) is 0. The molecule has 0 saturated heterocycles. The molecule has 0 heterocycles. The van der Waals surface area contributed by atoms with Gasteiger partial charge in [-0.2, -0.15) is 0 Å². The lowest BCUT2D eigenvalue weighted by atomic mass is 10.0. The second-order valence-electron chi connectivity index (χ2n) is 5.01. The van der Waals surface area contributed by atoms with E-state index in [-0.39, 0.29) is 5.54 Å². The molecule has 3 N–H and O–H groups in total. The molecule has 90 valence electrons. The summed E-state index contributed by atoms with van der Waals surface area (Å²) in [6, 6.07) is 7.98. The number of para-hydroxylation sites is 1. The third kappa shape index (κ3) is 3.51. The maximum absolute atomic E-state index is 5.88. The van der Waals surface area contributed by atoms with Crippen LogP contribution >= 0.6 is 0 Å². The largest absolute Gasteiger partial charge is 0.398 e. The number of nitrogen functional groups attached to an aromatic ring is 1. The Morgan fingerprint density at radius 2 is 1.88 bits per heavy atom. The van der Waals surface area contributed by atoms with Crippen LogP contribution in [-0.4, -0.2) is 31.1 Å². The van der Waals surface area contributed by atoms with Gasteiger partial charge in [0.2, 0.25) is 0 Å². The van der Waals surface area contributed by atoms with Crippen LogP contribution in [0.5, 0.6) is 0 Å².